The number of amides is 2. The molecule has 0 unspecified atom stereocenters. The Balaban J connectivity index is 1.45. The lowest BCUT2D eigenvalue weighted by atomic mass is 10.2. The molecule has 0 fully saturated rings. The first kappa shape index (κ1) is 29.7. The Morgan fingerprint density at radius 2 is 1.64 bits per heavy atom. The zero-order valence-electron chi connectivity index (χ0n) is 21.1. The van der Waals surface area contributed by atoms with Crippen LogP contribution in [-0.4, -0.2) is 30.6 Å². The maximum Gasteiger partial charge on any atom is 0.417 e. The van der Waals surface area contributed by atoms with Crippen LogP contribution in [0.1, 0.15) is 36.9 Å². The molecule has 1 heterocycles. The zero-order valence-corrected chi connectivity index (χ0v) is 21.9. The number of rotatable bonds is 12. The molecule has 0 radical (unpaired) electrons. The molecule has 1 aromatic heterocycles. The smallest absolute Gasteiger partial charge is 0.417 e. The summed E-state index contributed by atoms with van der Waals surface area (Å²) >= 11 is 5.61. The van der Waals surface area contributed by atoms with Gasteiger partial charge in [-0.05, 0) is 67.9 Å². The van der Waals surface area contributed by atoms with Gasteiger partial charge < -0.3 is 25.4 Å². The highest BCUT2D eigenvalue weighted by atomic mass is 35.5. The average molecular weight is 565 g/mol. The Bertz CT molecular complexity index is 1260. The molecule has 8 nitrogen and oxygen atoms in total. The number of aromatic nitrogens is 1. The highest BCUT2D eigenvalue weighted by molar-refractivity contribution is 6.31. The molecule has 0 saturated carbocycles. The summed E-state index contributed by atoms with van der Waals surface area (Å²) in [4.78, 5) is 27.7. The Kier molecular flexibility index (Phi) is 10.9. The van der Waals surface area contributed by atoms with Crippen LogP contribution in [-0.2, 0) is 22.3 Å². The maximum atomic E-state index is 13.0. The van der Waals surface area contributed by atoms with Crippen LogP contribution in [0.3, 0.4) is 0 Å². The van der Waals surface area contributed by atoms with Gasteiger partial charge in [0.2, 0.25) is 0 Å². The number of ether oxygens (including phenoxy) is 2. The van der Waals surface area contributed by atoms with Crippen molar-refractivity contribution in [3.63, 3.8) is 0 Å². The first-order valence-corrected chi connectivity index (χ1v) is 12.5. The summed E-state index contributed by atoms with van der Waals surface area (Å²) in [7, 11) is 1.38. The highest BCUT2D eigenvalue weighted by Gasteiger charge is 2.33. The molecule has 0 aliphatic heterocycles. The number of esters is 1. The lowest BCUT2D eigenvalue weighted by Gasteiger charge is -2.13. The van der Waals surface area contributed by atoms with E-state index in [0.717, 1.165) is 43.6 Å². The Morgan fingerprint density at radius 1 is 0.923 bits per heavy atom. The van der Waals surface area contributed by atoms with Gasteiger partial charge in [-0.1, -0.05) is 18.0 Å². The summed E-state index contributed by atoms with van der Waals surface area (Å²) in [5, 5.41) is 7.76. The summed E-state index contributed by atoms with van der Waals surface area (Å²) in [6, 6.07) is 12.4. The number of urea groups is 1. The molecule has 3 N–H and O–H groups in total. The minimum atomic E-state index is -4.64. The van der Waals surface area contributed by atoms with Crippen molar-refractivity contribution in [2.45, 2.75) is 38.4 Å². The van der Waals surface area contributed by atoms with Crippen LogP contribution in [0.4, 0.5) is 29.3 Å². The molecule has 0 aliphatic carbocycles. The minimum Gasteiger partial charge on any atom is -0.469 e. The van der Waals surface area contributed by atoms with E-state index in [2.05, 4.69) is 25.7 Å². The normalized spacial score (nSPS) is 11.1. The number of alkyl halides is 3. The van der Waals surface area contributed by atoms with E-state index in [1.165, 1.54) is 13.2 Å². The number of nitrogens with zero attached hydrogens (tertiary/aromatic N) is 1. The molecule has 2 amide bonds. The molecule has 0 atom stereocenters. The highest BCUT2D eigenvalue weighted by Crippen LogP contribution is 2.36. The molecule has 12 heteroatoms. The number of benzene rings is 2. The summed E-state index contributed by atoms with van der Waals surface area (Å²) in [5.41, 5.74) is 0.126. The third kappa shape index (κ3) is 10.1. The molecular weight excluding hydrogens is 537 g/mol. The van der Waals surface area contributed by atoms with Gasteiger partial charge in [-0.15, -0.1) is 0 Å². The van der Waals surface area contributed by atoms with Crippen molar-refractivity contribution >= 4 is 35.0 Å². The van der Waals surface area contributed by atoms with E-state index in [1.54, 1.807) is 36.5 Å². The summed E-state index contributed by atoms with van der Waals surface area (Å²) in [5.74, 6) is 0.909. The molecule has 0 spiro atoms. The van der Waals surface area contributed by atoms with Crippen LogP contribution in [0.2, 0.25) is 5.02 Å². The van der Waals surface area contributed by atoms with Crippen molar-refractivity contribution in [2.24, 2.45) is 0 Å². The molecule has 3 rings (SSSR count). The van der Waals surface area contributed by atoms with Gasteiger partial charge in [-0.2, -0.15) is 13.2 Å². The number of methoxy groups -OCH3 is 1. The van der Waals surface area contributed by atoms with Crippen LogP contribution in [0, 0.1) is 0 Å². The second-order valence-corrected chi connectivity index (χ2v) is 8.85. The molecular formula is C27H28ClF3N4O4. The minimum absolute atomic E-state index is 0.0503. The number of hydrogen-bond acceptors (Lipinski definition) is 6. The SMILES string of the molecule is COC(=O)CCCCCNCc1cc(Oc2ccc(NC(=O)Nc3ccc(Cl)c(C(F)(F)F)c3)cc2)ccn1. The van der Waals surface area contributed by atoms with E-state index in [1.807, 2.05) is 6.07 Å². The van der Waals surface area contributed by atoms with Crippen molar-refractivity contribution in [3.8, 4) is 11.5 Å². The van der Waals surface area contributed by atoms with Gasteiger partial charge >= 0.3 is 18.2 Å². The van der Waals surface area contributed by atoms with E-state index in [-0.39, 0.29) is 11.7 Å². The van der Waals surface area contributed by atoms with E-state index in [0.29, 0.717) is 30.2 Å². The van der Waals surface area contributed by atoms with Crippen molar-refractivity contribution in [2.75, 3.05) is 24.3 Å². The quantitative estimate of drug-likeness (QED) is 0.161. The van der Waals surface area contributed by atoms with Gasteiger partial charge in [0.1, 0.15) is 11.5 Å². The van der Waals surface area contributed by atoms with Gasteiger partial charge in [0.25, 0.3) is 0 Å². The van der Waals surface area contributed by atoms with Gasteiger partial charge in [0, 0.05) is 36.6 Å². The number of nitrogens with one attached hydrogen (secondary N) is 3. The van der Waals surface area contributed by atoms with Crippen LogP contribution in [0.15, 0.2) is 60.8 Å². The van der Waals surface area contributed by atoms with E-state index in [4.69, 9.17) is 16.3 Å². The predicted octanol–water partition coefficient (Wildman–Crippen LogP) is 7.01. The lowest BCUT2D eigenvalue weighted by molar-refractivity contribution is -0.140. The van der Waals surface area contributed by atoms with Gasteiger partial charge in [-0.3, -0.25) is 9.78 Å². The fourth-order valence-electron chi connectivity index (χ4n) is 3.49. The molecule has 0 bridgehead atoms. The van der Waals surface area contributed by atoms with Crippen LogP contribution < -0.4 is 20.7 Å². The van der Waals surface area contributed by atoms with E-state index >= 15 is 0 Å². The summed E-state index contributed by atoms with van der Waals surface area (Å²) < 4.78 is 49.6. The fraction of sp³-hybridized carbons (Fsp3) is 0.296. The van der Waals surface area contributed by atoms with Crippen LogP contribution >= 0.6 is 11.6 Å². The molecule has 0 aliphatic rings. The topological polar surface area (TPSA) is 102 Å². The van der Waals surface area contributed by atoms with Crippen molar-refractivity contribution in [1.29, 1.82) is 0 Å². The van der Waals surface area contributed by atoms with Gasteiger partial charge in [0.05, 0.1) is 23.4 Å². The summed E-state index contributed by atoms with van der Waals surface area (Å²) in [6.45, 7) is 1.35. The van der Waals surface area contributed by atoms with Crippen molar-refractivity contribution in [1.82, 2.24) is 10.3 Å². The molecule has 208 valence electrons. The predicted molar refractivity (Wildman–Crippen MR) is 142 cm³/mol. The fourth-order valence-corrected chi connectivity index (χ4v) is 3.71. The average Bonchev–Trinajstić information content (AvgIpc) is 2.89. The number of hydrogen-bond donors (Lipinski definition) is 3. The number of halogens is 4. The molecule has 39 heavy (non-hydrogen) atoms. The van der Waals surface area contributed by atoms with Crippen molar-refractivity contribution in [3.05, 3.63) is 77.1 Å². The first-order chi connectivity index (χ1) is 18.6. The third-order valence-electron chi connectivity index (χ3n) is 5.43. The molecule has 2 aromatic carbocycles. The first-order valence-electron chi connectivity index (χ1n) is 12.1. The van der Waals surface area contributed by atoms with Crippen LogP contribution in [0.5, 0.6) is 11.5 Å². The molecule has 3 aromatic rings. The largest absolute Gasteiger partial charge is 0.469 e. The number of unbranched alkanes of at least 4 members (excludes halogenated alkanes) is 2. The number of carbonyl (C=O) groups excluding carboxylic acids is 2. The number of carbonyl (C=O) groups is 2. The maximum absolute atomic E-state index is 13.0. The Labute approximate surface area is 228 Å². The third-order valence-corrected chi connectivity index (χ3v) is 5.76. The van der Waals surface area contributed by atoms with Crippen LogP contribution in [0.25, 0.3) is 0 Å². The van der Waals surface area contributed by atoms with Gasteiger partial charge in [-0.25, -0.2) is 4.79 Å². The summed E-state index contributed by atoms with van der Waals surface area (Å²) in [6.07, 6.45) is 0.0766. The standard InChI is InChI=1S/C27H28ClF3N4O4/c1-38-25(36)5-3-2-4-13-32-17-20-15-22(12-14-33-20)39-21-9-6-18(7-10-21)34-26(37)35-19-8-11-24(28)23(16-19)27(29,30)31/h6-12,14-16,32H,2-5,13,17H2,1H3,(H2,34,35,37). The van der Waals surface area contributed by atoms with E-state index in [9.17, 15) is 22.8 Å². The lowest BCUT2D eigenvalue weighted by Crippen LogP contribution is -2.19. The second-order valence-electron chi connectivity index (χ2n) is 8.44. The molecule has 0 saturated heterocycles. The Morgan fingerprint density at radius 3 is 2.36 bits per heavy atom. The monoisotopic (exact) mass is 564 g/mol. The number of anilines is 2. The zero-order chi connectivity index (χ0) is 28.3. The Hall–Kier alpha value is -3.83. The number of pyridine rings is 1. The van der Waals surface area contributed by atoms with Crippen molar-refractivity contribution < 1.29 is 32.2 Å². The second kappa shape index (κ2) is 14.4. The van der Waals surface area contributed by atoms with E-state index < -0.39 is 22.8 Å². The van der Waals surface area contributed by atoms with Gasteiger partial charge in [0.15, 0.2) is 0 Å².